The molecule has 3 nitrogen and oxygen atoms in total. The first-order valence-electron chi connectivity index (χ1n) is 5.26. The van der Waals surface area contributed by atoms with Gasteiger partial charge in [-0.1, -0.05) is 26.0 Å². The van der Waals surface area contributed by atoms with Gasteiger partial charge < -0.3 is 5.32 Å². The van der Waals surface area contributed by atoms with Crippen LogP contribution in [0.3, 0.4) is 0 Å². The van der Waals surface area contributed by atoms with Gasteiger partial charge in [0, 0.05) is 13.0 Å². The van der Waals surface area contributed by atoms with Gasteiger partial charge in [-0.05, 0) is 25.0 Å². The van der Waals surface area contributed by atoms with E-state index >= 15 is 0 Å². The fraction of sp³-hybridized carbons (Fsp3) is 0.500. The molecule has 1 amide bonds. The van der Waals surface area contributed by atoms with Crippen LogP contribution in [-0.4, -0.2) is 18.2 Å². The maximum atomic E-state index is 10.8. The van der Waals surface area contributed by atoms with Crippen molar-refractivity contribution in [3.05, 3.63) is 25.3 Å². The minimum Gasteiger partial charge on any atom is -0.353 e. The lowest BCUT2D eigenvalue weighted by Gasteiger charge is -2.01. The van der Waals surface area contributed by atoms with Gasteiger partial charge in [-0.2, -0.15) is 0 Å². The first kappa shape index (κ1) is 13.6. The van der Waals surface area contributed by atoms with E-state index in [1.54, 1.807) is 0 Å². The average Bonchev–Trinajstić information content (AvgIpc) is 2.26. The zero-order valence-electron chi connectivity index (χ0n) is 9.13. The van der Waals surface area contributed by atoms with E-state index in [2.05, 4.69) is 18.5 Å². The van der Waals surface area contributed by atoms with E-state index < -0.39 is 0 Å². The highest BCUT2D eigenvalue weighted by Gasteiger charge is 1.96. The molecular weight excluding hydrogens is 190 g/mol. The molecule has 0 saturated carbocycles. The number of carbonyl (C=O) groups excluding carboxylic acids is 2. The summed E-state index contributed by atoms with van der Waals surface area (Å²) in [4.78, 5) is 21.6. The second-order valence-electron chi connectivity index (χ2n) is 3.33. The minimum atomic E-state index is -0.128. The third kappa shape index (κ3) is 8.94. The molecule has 0 aromatic rings. The number of nitrogens with one attached hydrogen (secondary N) is 1. The summed E-state index contributed by atoms with van der Waals surface area (Å²) in [5, 5.41) is 2.70. The summed E-state index contributed by atoms with van der Waals surface area (Å²) in [7, 11) is 0. The zero-order chi connectivity index (χ0) is 11.5. The van der Waals surface area contributed by atoms with Crippen LogP contribution in [0, 0.1) is 0 Å². The molecule has 0 aliphatic rings. The predicted octanol–water partition coefficient (Wildman–Crippen LogP) is 1.99. The summed E-state index contributed by atoms with van der Waals surface area (Å²) in [6, 6.07) is 0. The van der Waals surface area contributed by atoms with E-state index in [4.69, 9.17) is 0 Å². The largest absolute Gasteiger partial charge is 0.353 e. The highest BCUT2D eigenvalue weighted by atomic mass is 16.1. The Bertz CT molecular complexity index is 210. The number of hydrogen-bond donors (Lipinski definition) is 1. The minimum absolute atomic E-state index is 0.106. The highest BCUT2D eigenvalue weighted by Crippen LogP contribution is 2.03. The van der Waals surface area contributed by atoms with Crippen molar-refractivity contribution in [2.75, 3.05) is 6.54 Å². The smallest absolute Gasteiger partial charge is 0.243 e. The number of carbonyl (C=O) groups is 2. The molecule has 0 rings (SSSR count). The van der Waals surface area contributed by atoms with Crippen LogP contribution in [0.5, 0.6) is 0 Å². The van der Waals surface area contributed by atoms with Crippen molar-refractivity contribution in [3.8, 4) is 0 Å². The van der Waals surface area contributed by atoms with Crippen LogP contribution in [0.25, 0.3) is 0 Å². The molecule has 0 heterocycles. The van der Waals surface area contributed by atoms with E-state index in [1.807, 2.05) is 0 Å². The fourth-order valence-electron chi connectivity index (χ4n) is 1.16. The van der Waals surface area contributed by atoms with Crippen molar-refractivity contribution in [1.29, 1.82) is 0 Å². The van der Waals surface area contributed by atoms with Crippen LogP contribution in [0.15, 0.2) is 25.3 Å². The van der Waals surface area contributed by atoms with Crippen molar-refractivity contribution < 1.29 is 9.59 Å². The van der Waals surface area contributed by atoms with Crippen molar-refractivity contribution in [2.24, 2.45) is 0 Å². The van der Waals surface area contributed by atoms with Gasteiger partial charge in [0.1, 0.15) is 0 Å². The van der Waals surface area contributed by atoms with Crippen LogP contribution in [0.2, 0.25) is 0 Å². The van der Waals surface area contributed by atoms with Gasteiger partial charge in [0.25, 0.3) is 0 Å². The fourth-order valence-corrected chi connectivity index (χ4v) is 1.16. The Balaban J connectivity index is 3.18. The maximum Gasteiger partial charge on any atom is 0.243 e. The number of amides is 1. The predicted molar refractivity (Wildman–Crippen MR) is 61.5 cm³/mol. The summed E-state index contributed by atoms with van der Waals surface area (Å²) in [5.41, 5.74) is 0. The Morgan fingerprint density at radius 1 is 1.00 bits per heavy atom. The Hall–Kier alpha value is -1.38. The molecule has 84 valence electrons. The summed E-state index contributed by atoms with van der Waals surface area (Å²) in [5.74, 6) is -0.0215. The van der Waals surface area contributed by atoms with Crippen LogP contribution >= 0.6 is 0 Å². The SMILES string of the molecule is C=CC(=O)CCCCCCNC(=O)C=C. The second kappa shape index (κ2) is 9.19. The van der Waals surface area contributed by atoms with Gasteiger partial charge in [0.2, 0.25) is 5.91 Å². The molecule has 0 saturated heterocycles. The lowest BCUT2D eigenvalue weighted by Crippen LogP contribution is -2.21. The molecule has 0 aromatic carbocycles. The third-order valence-electron chi connectivity index (χ3n) is 2.06. The van der Waals surface area contributed by atoms with Crippen LogP contribution in [0.1, 0.15) is 32.1 Å². The van der Waals surface area contributed by atoms with E-state index in [9.17, 15) is 9.59 Å². The van der Waals surface area contributed by atoms with Crippen LogP contribution < -0.4 is 5.32 Å². The van der Waals surface area contributed by atoms with Gasteiger partial charge in [-0.3, -0.25) is 9.59 Å². The molecule has 3 heteroatoms. The first-order valence-corrected chi connectivity index (χ1v) is 5.26. The number of hydrogen-bond acceptors (Lipinski definition) is 2. The Labute approximate surface area is 91.2 Å². The van der Waals surface area contributed by atoms with E-state index in [1.165, 1.54) is 12.2 Å². The van der Waals surface area contributed by atoms with E-state index in [0.29, 0.717) is 13.0 Å². The molecule has 0 spiro atoms. The maximum absolute atomic E-state index is 10.8. The van der Waals surface area contributed by atoms with Gasteiger partial charge in [-0.25, -0.2) is 0 Å². The summed E-state index contributed by atoms with van der Waals surface area (Å²) < 4.78 is 0. The monoisotopic (exact) mass is 209 g/mol. The van der Waals surface area contributed by atoms with E-state index in [-0.39, 0.29) is 11.7 Å². The third-order valence-corrected chi connectivity index (χ3v) is 2.06. The lowest BCUT2D eigenvalue weighted by molar-refractivity contribution is -0.116. The summed E-state index contributed by atoms with van der Waals surface area (Å²) in [6.07, 6.45) is 7.11. The topological polar surface area (TPSA) is 46.2 Å². The number of allylic oxidation sites excluding steroid dienone is 1. The number of unbranched alkanes of at least 4 members (excludes halogenated alkanes) is 3. The molecule has 15 heavy (non-hydrogen) atoms. The van der Waals surface area contributed by atoms with Crippen LogP contribution in [0.4, 0.5) is 0 Å². The quantitative estimate of drug-likeness (QED) is 0.466. The molecule has 0 fully saturated rings. The van der Waals surface area contributed by atoms with Gasteiger partial charge in [0.15, 0.2) is 5.78 Å². The molecular formula is C12H19NO2. The van der Waals surface area contributed by atoms with Gasteiger partial charge in [-0.15, -0.1) is 0 Å². The molecule has 1 N–H and O–H groups in total. The molecule has 0 aromatic heterocycles. The Morgan fingerprint density at radius 3 is 2.27 bits per heavy atom. The molecule has 0 bridgehead atoms. The Kier molecular flexibility index (Phi) is 8.34. The second-order valence-corrected chi connectivity index (χ2v) is 3.33. The number of ketones is 1. The molecule has 0 radical (unpaired) electrons. The molecule has 0 aliphatic carbocycles. The van der Waals surface area contributed by atoms with Crippen molar-refractivity contribution in [1.82, 2.24) is 5.32 Å². The first-order chi connectivity index (χ1) is 7.20. The van der Waals surface area contributed by atoms with Gasteiger partial charge >= 0.3 is 0 Å². The van der Waals surface area contributed by atoms with Crippen LogP contribution in [-0.2, 0) is 9.59 Å². The highest BCUT2D eigenvalue weighted by molar-refractivity contribution is 5.88. The average molecular weight is 209 g/mol. The molecule has 0 unspecified atom stereocenters. The van der Waals surface area contributed by atoms with Gasteiger partial charge in [0.05, 0.1) is 0 Å². The number of rotatable bonds is 9. The lowest BCUT2D eigenvalue weighted by atomic mass is 10.1. The standard InChI is InChI=1S/C12H19NO2/c1-3-11(14)9-7-5-6-8-10-13-12(15)4-2/h3-4H,1-2,5-10H2,(H,13,15). The van der Waals surface area contributed by atoms with Crippen molar-refractivity contribution >= 4 is 11.7 Å². The summed E-state index contributed by atoms with van der Waals surface area (Å²) >= 11 is 0. The molecule has 0 atom stereocenters. The zero-order valence-corrected chi connectivity index (χ0v) is 9.13. The van der Waals surface area contributed by atoms with E-state index in [0.717, 1.165) is 25.7 Å². The normalized spacial score (nSPS) is 9.33. The van der Waals surface area contributed by atoms with Crippen molar-refractivity contribution in [3.63, 3.8) is 0 Å². The summed E-state index contributed by atoms with van der Waals surface area (Å²) in [6.45, 7) is 7.45. The Morgan fingerprint density at radius 2 is 1.67 bits per heavy atom. The van der Waals surface area contributed by atoms with Crippen molar-refractivity contribution in [2.45, 2.75) is 32.1 Å². The molecule has 0 aliphatic heterocycles.